The fourth-order valence-electron chi connectivity index (χ4n) is 1.07. The highest BCUT2D eigenvalue weighted by Gasteiger charge is 2.29. The molecule has 0 unspecified atom stereocenters. The SMILES string of the molecule is NC(CCl)=Nc1cc(F)c(Br)cc1OCC(F)(F)F. The molecule has 0 fully saturated rings. The molecule has 2 N–H and O–H groups in total. The van der Waals surface area contributed by atoms with Crippen LogP contribution in [0.1, 0.15) is 0 Å². The molecule has 0 aliphatic rings. The van der Waals surface area contributed by atoms with Gasteiger partial charge in [0.25, 0.3) is 0 Å². The Morgan fingerprint density at radius 2 is 2.05 bits per heavy atom. The van der Waals surface area contributed by atoms with Crippen molar-refractivity contribution in [3.8, 4) is 5.75 Å². The van der Waals surface area contributed by atoms with Gasteiger partial charge in [-0.15, -0.1) is 11.6 Å². The highest BCUT2D eigenvalue weighted by atomic mass is 79.9. The Morgan fingerprint density at radius 1 is 1.42 bits per heavy atom. The Balaban J connectivity index is 3.10. The third-order valence-electron chi connectivity index (χ3n) is 1.79. The number of nitrogens with two attached hydrogens (primary N) is 1. The van der Waals surface area contributed by atoms with Gasteiger partial charge in [-0.3, -0.25) is 0 Å². The first-order valence-corrected chi connectivity index (χ1v) is 6.13. The fraction of sp³-hybridized carbons (Fsp3) is 0.300. The topological polar surface area (TPSA) is 47.6 Å². The molecule has 0 amide bonds. The van der Waals surface area contributed by atoms with Crippen molar-refractivity contribution in [2.45, 2.75) is 6.18 Å². The molecular weight excluding hydrogens is 355 g/mol. The van der Waals surface area contributed by atoms with Crippen LogP contribution in [-0.2, 0) is 0 Å². The Labute approximate surface area is 119 Å². The molecule has 3 nitrogen and oxygen atoms in total. The van der Waals surface area contributed by atoms with Gasteiger partial charge in [0, 0.05) is 6.07 Å². The van der Waals surface area contributed by atoms with Gasteiger partial charge in [0.05, 0.1) is 10.4 Å². The van der Waals surface area contributed by atoms with E-state index in [2.05, 4.69) is 25.7 Å². The maximum absolute atomic E-state index is 13.3. The van der Waals surface area contributed by atoms with Crippen LogP contribution in [0.15, 0.2) is 21.6 Å². The Bertz CT molecular complexity index is 493. The average Bonchev–Trinajstić information content (AvgIpc) is 2.30. The molecule has 1 rings (SSSR count). The zero-order valence-electron chi connectivity index (χ0n) is 9.27. The minimum Gasteiger partial charge on any atom is -0.482 e. The van der Waals surface area contributed by atoms with E-state index in [0.29, 0.717) is 0 Å². The zero-order chi connectivity index (χ0) is 14.6. The molecule has 19 heavy (non-hydrogen) atoms. The number of rotatable bonds is 4. The molecule has 1 aromatic carbocycles. The minimum absolute atomic E-state index is 0.0481. The highest BCUT2D eigenvalue weighted by molar-refractivity contribution is 9.10. The van der Waals surface area contributed by atoms with Crippen LogP contribution in [0.25, 0.3) is 0 Å². The average molecular weight is 364 g/mol. The van der Waals surface area contributed by atoms with Crippen LogP contribution in [-0.4, -0.2) is 24.5 Å². The lowest BCUT2D eigenvalue weighted by molar-refractivity contribution is -0.153. The van der Waals surface area contributed by atoms with Gasteiger partial charge in [0.15, 0.2) is 6.61 Å². The van der Waals surface area contributed by atoms with Gasteiger partial charge in [-0.2, -0.15) is 13.2 Å². The first-order valence-electron chi connectivity index (χ1n) is 4.80. The van der Waals surface area contributed by atoms with Gasteiger partial charge in [-0.05, 0) is 22.0 Å². The van der Waals surface area contributed by atoms with Crippen LogP contribution in [0.4, 0.5) is 23.2 Å². The zero-order valence-corrected chi connectivity index (χ0v) is 11.6. The molecule has 0 atom stereocenters. The molecule has 0 saturated heterocycles. The van der Waals surface area contributed by atoms with Gasteiger partial charge in [-0.1, -0.05) is 0 Å². The standard InChI is InChI=1S/C10H8BrClF4N2O/c11-5-1-8(19-4-10(14,15)16)7(2-6(5)13)18-9(17)3-12/h1-2H,3-4H2,(H2,17,18). The van der Waals surface area contributed by atoms with Crippen molar-refractivity contribution in [3.05, 3.63) is 22.4 Å². The Hall–Kier alpha value is -1.02. The van der Waals surface area contributed by atoms with Crippen LogP contribution in [0.2, 0.25) is 0 Å². The molecule has 0 spiro atoms. The van der Waals surface area contributed by atoms with Crippen LogP contribution < -0.4 is 10.5 Å². The largest absolute Gasteiger partial charge is 0.482 e. The van der Waals surface area contributed by atoms with E-state index in [9.17, 15) is 17.6 Å². The molecule has 9 heteroatoms. The molecule has 1 aromatic rings. The predicted molar refractivity (Wildman–Crippen MR) is 67.7 cm³/mol. The third-order valence-corrected chi connectivity index (χ3v) is 2.68. The number of hydrogen-bond donors (Lipinski definition) is 1. The minimum atomic E-state index is -4.51. The fourth-order valence-corrected chi connectivity index (χ4v) is 1.45. The second-order valence-electron chi connectivity index (χ2n) is 3.37. The van der Waals surface area contributed by atoms with E-state index in [4.69, 9.17) is 17.3 Å². The summed E-state index contributed by atoms with van der Waals surface area (Å²) in [6, 6.07) is 1.94. The summed E-state index contributed by atoms with van der Waals surface area (Å²) < 4.78 is 54.1. The van der Waals surface area contributed by atoms with Crippen molar-refractivity contribution in [1.82, 2.24) is 0 Å². The molecule has 0 aliphatic heterocycles. The maximum atomic E-state index is 13.3. The lowest BCUT2D eigenvalue weighted by atomic mass is 10.3. The summed E-state index contributed by atoms with van der Waals surface area (Å²) in [4.78, 5) is 3.69. The van der Waals surface area contributed by atoms with Crippen molar-refractivity contribution in [2.24, 2.45) is 10.7 Å². The number of ether oxygens (including phenoxy) is 1. The second kappa shape index (κ2) is 6.42. The normalized spacial score (nSPS) is 12.6. The van der Waals surface area contributed by atoms with E-state index < -0.39 is 18.6 Å². The highest BCUT2D eigenvalue weighted by Crippen LogP contribution is 2.34. The van der Waals surface area contributed by atoms with Crippen molar-refractivity contribution in [3.63, 3.8) is 0 Å². The van der Waals surface area contributed by atoms with E-state index in [1.165, 1.54) is 0 Å². The summed E-state index contributed by atoms with van der Waals surface area (Å²) in [5.74, 6) is -1.17. The van der Waals surface area contributed by atoms with Gasteiger partial charge >= 0.3 is 6.18 Å². The molecule has 0 bridgehead atoms. The summed E-state index contributed by atoms with van der Waals surface area (Å²) in [6.07, 6.45) is -4.51. The smallest absolute Gasteiger partial charge is 0.422 e. The van der Waals surface area contributed by atoms with E-state index in [1.54, 1.807) is 0 Å². The molecule has 0 aliphatic carbocycles. The first kappa shape index (κ1) is 16.0. The van der Waals surface area contributed by atoms with E-state index >= 15 is 0 Å². The number of alkyl halides is 4. The Kier molecular flexibility index (Phi) is 5.42. The van der Waals surface area contributed by atoms with E-state index in [0.717, 1.165) is 12.1 Å². The van der Waals surface area contributed by atoms with Gasteiger partial charge in [0.1, 0.15) is 23.1 Å². The van der Waals surface area contributed by atoms with Gasteiger partial charge in [-0.25, -0.2) is 9.38 Å². The lowest BCUT2D eigenvalue weighted by Gasteiger charge is -2.12. The monoisotopic (exact) mass is 362 g/mol. The number of hydrogen-bond acceptors (Lipinski definition) is 2. The van der Waals surface area contributed by atoms with Crippen molar-refractivity contribution >= 4 is 39.1 Å². The quantitative estimate of drug-likeness (QED) is 0.383. The summed E-state index contributed by atoms with van der Waals surface area (Å²) in [6.45, 7) is -1.52. The van der Waals surface area contributed by atoms with Crippen molar-refractivity contribution < 1.29 is 22.3 Å². The van der Waals surface area contributed by atoms with Crippen LogP contribution in [0, 0.1) is 5.82 Å². The number of amidine groups is 1. The number of benzene rings is 1. The second-order valence-corrected chi connectivity index (χ2v) is 4.50. The summed E-state index contributed by atoms with van der Waals surface area (Å²) in [7, 11) is 0. The maximum Gasteiger partial charge on any atom is 0.422 e. The third kappa shape index (κ3) is 5.23. The summed E-state index contributed by atoms with van der Waals surface area (Å²) in [5, 5.41) is 0. The molecule has 0 radical (unpaired) electrons. The molecule has 0 saturated carbocycles. The number of aliphatic imine (C=N–C) groups is 1. The van der Waals surface area contributed by atoms with E-state index in [-0.39, 0.29) is 27.6 Å². The summed E-state index contributed by atoms with van der Waals surface area (Å²) >= 11 is 8.24. The molecule has 0 heterocycles. The van der Waals surface area contributed by atoms with Crippen molar-refractivity contribution in [2.75, 3.05) is 12.5 Å². The van der Waals surface area contributed by atoms with Gasteiger partial charge in [0.2, 0.25) is 0 Å². The first-order chi connectivity index (χ1) is 8.73. The molecule has 106 valence electrons. The van der Waals surface area contributed by atoms with Crippen LogP contribution >= 0.6 is 27.5 Å². The summed E-state index contributed by atoms with van der Waals surface area (Å²) in [5.41, 5.74) is 5.19. The van der Waals surface area contributed by atoms with Crippen LogP contribution in [0.5, 0.6) is 5.75 Å². The lowest BCUT2D eigenvalue weighted by Crippen LogP contribution is -2.19. The van der Waals surface area contributed by atoms with Crippen molar-refractivity contribution in [1.29, 1.82) is 0 Å². The van der Waals surface area contributed by atoms with Gasteiger partial charge < -0.3 is 10.5 Å². The van der Waals surface area contributed by atoms with Crippen LogP contribution in [0.3, 0.4) is 0 Å². The molecular formula is C10H8BrClF4N2O. The predicted octanol–water partition coefficient (Wildman–Crippen LogP) is 3.76. The number of halogens is 6. The molecule has 0 aromatic heterocycles. The number of nitrogens with zero attached hydrogens (tertiary/aromatic N) is 1. The Morgan fingerprint density at radius 3 is 2.58 bits per heavy atom. The van der Waals surface area contributed by atoms with E-state index in [1.807, 2.05) is 0 Å².